The number of nitrogens with one attached hydrogen (secondary N) is 1. The van der Waals surface area contributed by atoms with Gasteiger partial charge in [0.1, 0.15) is 0 Å². The van der Waals surface area contributed by atoms with E-state index in [-0.39, 0.29) is 11.9 Å². The Morgan fingerprint density at radius 3 is 2.48 bits per heavy atom. The van der Waals surface area contributed by atoms with Gasteiger partial charge in [-0.3, -0.25) is 4.79 Å². The Labute approximate surface area is 151 Å². The average Bonchev–Trinajstić information content (AvgIpc) is 2.69. The van der Waals surface area contributed by atoms with Gasteiger partial charge in [-0.1, -0.05) is 43.7 Å². The summed E-state index contributed by atoms with van der Waals surface area (Å²) in [5.74, 6) is 0.186. The molecule has 138 valence electrons. The molecule has 0 aliphatic carbocycles. The van der Waals surface area contributed by atoms with E-state index in [0.29, 0.717) is 13.2 Å². The van der Waals surface area contributed by atoms with Crippen LogP contribution in [0.15, 0.2) is 30.3 Å². The molecule has 1 atom stereocenters. The number of carbonyl (C=O) groups is 1. The third-order valence-electron chi connectivity index (χ3n) is 5.86. The van der Waals surface area contributed by atoms with Crippen LogP contribution in [0.5, 0.6) is 0 Å². The van der Waals surface area contributed by atoms with Gasteiger partial charge in [0.15, 0.2) is 0 Å². The van der Waals surface area contributed by atoms with Gasteiger partial charge in [-0.05, 0) is 50.8 Å². The summed E-state index contributed by atoms with van der Waals surface area (Å²) in [7, 11) is 0. The predicted octanol–water partition coefficient (Wildman–Crippen LogP) is 3.12. The largest absolute Gasteiger partial charge is 0.381 e. The lowest BCUT2D eigenvalue weighted by molar-refractivity contribution is -0.131. The van der Waals surface area contributed by atoms with Gasteiger partial charge < -0.3 is 15.0 Å². The summed E-state index contributed by atoms with van der Waals surface area (Å²) in [5, 5.41) is 3.39. The van der Waals surface area contributed by atoms with Gasteiger partial charge in [-0.2, -0.15) is 0 Å². The van der Waals surface area contributed by atoms with Crippen molar-refractivity contribution >= 4 is 5.91 Å². The number of hydrogen-bond acceptors (Lipinski definition) is 3. The van der Waals surface area contributed by atoms with E-state index in [1.54, 1.807) is 0 Å². The van der Waals surface area contributed by atoms with Crippen molar-refractivity contribution in [2.45, 2.75) is 56.9 Å². The summed E-state index contributed by atoms with van der Waals surface area (Å²) in [6.07, 6.45) is 6.43. The smallest absolute Gasteiger partial charge is 0.231 e. The lowest BCUT2D eigenvalue weighted by atomic mass is 9.73. The molecule has 0 bridgehead atoms. The third kappa shape index (κ3) is 4.42. The van der Waals surface area contributed by atoms with Crippen molar-refractivity contribution in [2.24, 2.45) is 0 Å². The van der Waals surface area contributed by atoms with Crippen LogP contribution in [0, 0.1) is 0 Å². The molecule has 25 heavy (non-hydrogen) atoms. The molecule has 2 fully saturated rings. The number of piperidine rings is 1. The van der Waals surface area contributed by atoms with E-state index in [4.69, 9.17) is 4.74 Å². The molecule has 2 saturated heterocycles. The quantitative estimate of drug-likeness (QED) is 0.862. The second-order valence-corrected chi connectivity index (χ2v) is 7.50. The second-order valence-electron chi connectivity index (χ2n) is 7.50. The molecular formula is C21H32N2O2. The molecule has 0 aromatic heterocycles. The second kappa shape index (κ2) is 8.81. The Balaban J connectivity index is 1.71. The maximum Gasteiger partial charge on any atom is 0.231 e. The van der Waals surface area contributed by atoms with Gasteiger partial charge >= 0.3 is 0 Å². The molecular weight excluding hydrogens is 312 g/mol. The van der Waals surface area contributed by atoms with Crippen LogP contribution in [-0.4, -0.2) is 49.7 Å². The topological polar surface area (TPSA) is 41.6 Å². The van der Waals surface area contributed by atoms with Crippen LogP contribution in [0.1, 0.15) is 51.0 Å². The number of amides is 1. The number of ether oxygens (including phenoxy) is 1. The van der Waals surface area contributed by atoms with E-state index in [1.807, 2.05) is 18.2 Å². The molecule has 1 N–H and O–H groups in total. The SMILES string of the molecule is CC[C@@H](CN1CCCCC1)NC(=O)C1(c2ccccc2)CCOCC1. The molecule has 4 heteroatoms. The maximum atomic E-state index is 13.3. The van der Waals surface area contributed by atoms with Gasteiger partial charge in [-0.15, -0.1) is 0 Å². The maximum absolute atomic E-state index is 13.3. The Bertz CT molecular complexity index is 534. The van der Waals surface area contributed by atoms with Crippen LogP contribution in [0.3, 0.4) is 0 Å². The summed E-state index contributed by atoms with van der Waals surface area (Å²) in [4.78, 5) is 15.9. The third-order valence-corrected chi connectivity index (χ3v) is 5.86. The summed E-state index contributed by atoms with van der Waals surface area (Å²) in [6.45, 7) is 6.81. The Kier molecular flexibility index (Phi) is 6.49. The van der Waals surface area contributed by atoms with E-state index in [9.17, 15) is 4.79 Å². The van der Waals surface area contributed by atoms with Crippen LogP contribution in [0.25, 0.3) is 0 Å². The van der Waals surface area contributed by atoms with Gasteiger partial charge in [0.2, 0.25) is 5.91 Å². The number of carbonyl (C=O) groups excluding carboxylic acids is 1. The van der Waals surface area contributed by atoms with Crippen molar-refractivity contribution in [1.29, 1.82) is 0 Å². The standard InChI is InChI=1S/C21H32N2O2/c1-2-19(17-23-13-7-4-8-14-23)22-20(24)21(11-15-25-16-12-21)18-9-5-3-6-10-18/h3,5-6,9-10,19H,2,4,7-8,11-17H2,1H3,(H,22,24)/t19-/m0/s1. The first-order valence-electron chi connectivity index (χ1n) is 9.91. The minimum absolute atomic E-state index is 0.186. The highest BCUT2D eigenvalue weighted by atomic mass is 16.5. The molecule has 0 saturated carbocycles. The lowest BCUT2D eigenvalue weighted by Gasteiger charge is -2.38. The summed E-state index contributed by atoms with van der Waals surface area (Å²) >= 11 is 0. The number of hydrogen-bond donors (Lipinski definition) is 1. The summed E-state index contributed by atoms with van der Waals surface area (Å²) in [5.41, 5.74) is 0.693. The minimum atomic E-state index is -0.436. The fourth-order valence-corrected chi connectivity index (χ4v) is 4.18. The Morgan fingerprint density at radius 1 is 1.16 bits per heavy atom. The van der Waals surface area contributed by atoms with Crippen molar-refractivity contribution in [1.82, 2.24) is 10.2 Å². The van der Waals surface area contributed by atoms with Crippen LogP contribution in [-0.2, 0) is 14.9 Å². The molecule has 3 rings (SSSR count). The van der Waals surface area contributed by atoms with Crippen molar-refractivity contribution in [3.05, 3.63) is 35.9 Å². The number of benzene rings is 1. The molecule has 0 unspecified atom stereocenters. The molecule has 2 aliphatic heterocycles. The van der Waals surface area contributed by atoms with E-state index in [0.717, 1.165) is 31.4 Å². The molecule has 0 radical (unpaired) electrons. The molecule has 2 aliphatic rings. The molecule has 0 spiro atoms. The monoisotopic (exact) mass is 344 g/mol. The average molecular weight is 344 g/mol. The fraction of sp³-hybridized carbons (Fsp3) is 0.667. The highest BCUT2D eigenvalue weighted by Crippen LogP contribution is 2.35. The zero-order chi connectivity index (χ0) is 17.5. The molecule has 4 nitrogen and oxygen atoms in total. The first kappa shape index (κ1) is 18.4. The predicted molar refractivity (Wildman–Crippen MR) is 101 cm³/mol. The Hall–Kier alpha value is -1.39. The Morgan fingerprint density at radius 2 is 1.84 bits per heavy atom. The van der Waals surface area contributed by atoms with Crippen LogP contribution >= 0.6 is 0 Å². The fourth-order valence-electron chi connectivity index (χ4n) is 4.18. The summed E-state index contributed by atoms with van der Waals surface area (Å²) in [6, 6.07) is 10.5. The zero-order valence-corrected chi connectivity index (χ0v) is 15.5. The minimum Gasteiger partial charge on any atom is -0.381 e. The van der Waals surface area contributed by atoms with Crippen molar-refractivity contribution in [3.8, 4) is 0 Å². The van der Waals surface area contributed by atoms with Crippen LogP contribution in [0.2, 0.25) is 0 Å². The molecule has 1 aromatic rings. The van der Waals surface area contributed by atoms with E-state index in [1.165, 1.54) is 32.4 Å². The zero-order valence-electron chi connectivity index (χ0n) is 15.5. The van der Waals surface area contributed by atoms with Crippen molar-refractivity contribution in [3.63, 3.8) is 0 Å². The highest BCUT2D eigenvalue weighted by molar-refractivity contribution is 5.88. The number of rotatable bonds is 6. The lowest BCUT2D eigenvalue weighted by Crippen LogP contribution is -2.53. The van der Waals surface area contributed by atoms with E-state index >= 15 is 0 Å². The van der Waals surface area contributed by atoms with Crippen molar-refractivity contribution < 1.29 is 9.53 Å². The van der Waals surface area contributed by atoms with Gasteiger partial charge in [0, 0.05) is 25.8 Å². The highest BCUT2D eigenvalue weighted by Gasteiger charge is 2.42. The molecule has 2 heterocycles. The first-order valence-corrected chi connectivity index (χ1v) is 9.91. The van der Waals surface area contributed by atoms with Gasteiger partial charge in [-0.25, -0.2) is 0 Å². The number of likely N-dealkylation sites (tertiary alicyclic amines) is 1. The first-order chi connectivity index (χ1) is 12.2. The number of nitrogens with zero attached hydrogens (tertiary/aromatic N) is 1. The molecule has 1 aromatic carbocycles. The van der Waals surface area contributed by atoms with Crippen LogP contribution < -0.4 is 5.32 Å². The van der Waals surface area contributed by atoms with Crippen molar-refractivity contribution in [2.75, 3.05) is 32.8 Å². The molecule has 1 amide bonds. The van der Waals surface area contributed by atoms with E-state index < -0.39 is 5.41 Å². The van der Waals surface area contributed by atoms with E-state index in [2.05, 4.69) is 29.3 Å². The van der Waals surface area contributed by atoms with Gasteiger partial charge in [0.25, 0.3) is 0 Å². The van der Waals surface area contributed by atoms with Crippen LogP contribution in [0.4, 0.5) is 0 Å². The normalized spacial score (nSPS) is 22.3. The van der Waals surface area contributed by atoms with Gasteiger partial charge in [0.05, 0.1) is 5.41 Å². The summed E-state index contributed by atoms with van der Waals surface area (Å²) < 4.78 is 5.56.